The van der Waals surface area contributed by atoms with Crippen molar-refractivity contribution in [3.8, 4) is 17.0 Å². The molecule has 1 atom stereocenters. The molecule has 10 heteroatoms. The van der Waals surface area contributed by atoms with Crippen LogP contribution in [0.5, 0.6) is 5.75 Å². The van der Waals surface area contributed by atoms with E-state index in [-0.39, 0.29) is 17.3 Å². The van der Waals surface area contributed by atoms with Crippen LogP contribution >= 0.6 is 11.3 Å². The molecule has 34 heavy (non-hydrogen) atoms. The van der Waals surface area contributed by atoms with Gasteiger partial charge in [0.25, 0.3) is 0 Å². The summed E-state index contributed by atoms with van der Waals surface area (Å²) in [6, 6.07) is 12.3. The van der Waals surface area contributed by atoms with E-state index < -0.39 is 21.8 Å². The first-order valence-corrected chi connectivity index (χ1v) is 13.4. The number of carbonyl (C=O) groups excluding carboxylic acids is 1. The summed E-state index contributed by atoms with van der Waals surface area (Å²) < 4.78 is 45.9. The lowest BCUT2D eigenvalue weighted by Crippen LogP contribution is -2.43. The molecule has 0 radical (unpaired) electrons. The molecule has 7 nitrogen and oxygen atoms in total. The van der Waals surface area contributed by atoms with Crippen LogP contribution in [0.15, 0.2) is 58.8 Å². The zero-order valence-corrected chi connectivity index (χ0v) is 20.4. The van der Waals surface area contributed by atoms with Gasteiger partial charge in [0.15, 0.2) is 5.13 Å². The number of nitrogens with one attached hydrogen (secondary N) is 1. The van der Waals surface area contributed by atoms with Crippen LogP contribution in [-0.4, -0.2) is 43.3 Å². The number of ether oxygens (including phenoxy) is 1. The predicted octanol–water partition coefficient (Wildman–Crippen LogP) is 4.78. The first-order valence-electron chi connectivity index (χ1n) is 11.1. The summed E-state index contributed by atoms with van der Waals surface area (Å²) in [4.78, 5) is 17.4. The molecular formula is C24H26FN3O4S2. The van der Waals surface area contributed by atoms with Crippen molar-refractivity contribution in [1.82, 2.24) is 9.29 Å². The number of nitrogens with zero attached hydrogens (tertiary/aromatic N) is 2. The summed E-state index contributed by atoms with van der Waals surface area (Å²) in [5, 5.41) is 5.16. The number of piperidine rings is 1. The number of carbonyl (C=O) groups is 1. The molecular weight excluding hydrogens is 477 g/mol. The van der Waals surface area contributed by atoms with Gasteiger partial charge in [0.05, 0.1) is 23.1 Å². The molecule has 0 aliphatic carbocycles. The second kappa shape index (κ2) is 10.6. The van der Waals surface area contributed by atoms with E-state index in [1.54, 1.807) is 0 Å². The minimum Gasteiger partial charge on any atom is -0.494 e. The summed E-state index contributed by atoms with van der Waals surface area (Å²) in [5.74, 6) is -0.459. The van der Waals surface area contributed by atoms with Crippen LogP contribution in [0.25, 0.3) is 11.3 Å². The van der Waals surface area contributed by atoms with Gasteiger partial charge in [-0.15, -0.1) is 11.3 Å². The Bertz CT molecular complexity index is 1230. The average molecular weight is 504 g/mol. The van der Waals surface area contributed by atoms with Crippen LogP contribution in [0.2, 0.25) is 0 Å². The van der Waals surface area contributed by atoms with Gasteiger partial charge in [0.1, 0.15) is 11.6 Å². The van der Waals surface area contributed by atoms with E-state index in [0.29, 0.717) is 31.1 Å². The largest absolute Gasteiger partial charge is 0.494 e. The summed E-state index contributed by atoms with van der Waals surface area (Å²) in [7, 11) is -3.80. The molecule has 2 heterocycles. The Kier molecular flexibility index (Phi) is 7.60. The number of thiazole rings is 1. The number of sulfonamides is 1. The lowest BCUT2D eigenvalue weighted by molar-refractivity contribution is -0.120. The highest BCUT2D eigenvalue weighted by Gasteiger charge is 2.33. The van der Waals surface area contributed by atoms with Crippen LogP contribution in [0.4, 0.5) is 9.52 Å². The maximum atomic E-state index is 13.2. The van der Waals surface area contributed by atoms with Crippen LogP contribution < -0.4 is 10.1 Å². The zero-order chi connectivity index (χ0) is 24.1. The Morgan fingerprint density at radius 1 is 1.21 bits per heavy atom. The smallest absolute Gasteiger partial charge is 0.243 e. The number of hydrogen-bond acceptors (Lipinski definition) is 6. The number of rotatable bonds is 8. The van der Waals surface area contributed by atoms with E-state index in [1.165, 1.54) is 27.8 Å². The molecule has 4 rings (SSSR count). The fourth-order valence-corrected chi connectivity index (χ4v) is 5.99. The Labute approximate surface area is 202 Å². The second-order valence-corrected chi connectivity index (χ2v) is 10.9. The van der Waals surface area contributed by atoms with Gasteiger partial charge >= 0.3 is 0 Å². The van der Waals surface area contributed by atoms with Gasteiger partial charge in [0, 0.05) is 24.0 Å². The number of halogens is 1. The van der Waals surface area contributed by atoms with Crippen molar-refractivity contribution >= 4 is 32.4 Å². The molecule has 3 aromatic rings. The van der Waals surface area contributed by atoms with E-state index in [1.807, 2.05) is 29.6 Å². The third-order valence-electron chi connectivity index (χ3n) is 5.56. The standard InChI is InChI=1S/C24H26FN3O4S2/c1-2-14-32-20-9-5-17(6-10-20)22-16-33-24(26-22)27-23(29)18-4-3-13-28(15-18)34(30,31)21-11-7-19(25)8-12-21/h5-12,16,18H,2-4,13-15H2,1H3,(H,26,27,29). The van der Waals surface area contributed by atoms with Crippen molar-refractivity contribution in [1.29, 1.82) is 0 Å². The monoisotopic (exact) mass is 503 g/mol. The molecule has 1 unspecified atom stereocenters. The maximum Gasteiger partial charge on any atom is 0.243 e. The number of benzene rings is 2. The van der Waals surface area contributed by atoms with E-state index in [9.17, 15) is 17.6 Å². The third kappa shape index (κ3) is 5.63. The Hall–Kier alpha value is -2.82. The number of aromatic nitrogens is 1. The van der Waals surface area contributed by atoms with Crippen LogP contribution in [0.3, 0.4) is 0 Å². The molecule has 0 saturated carbocycles. The summed E-state index contributed by atoms with van der Waals surface area (Å²) >= 11 is 1.32. The molecule has 1 N–H and O–H groups in total. The van der Waals surface area contributed by atoms with Gasteiger partial charge in [-0.2, -0.15) is 4.31 Å². The molecule has 1 aromatic heterocycles. The first kappa shape index (κ1) is 24.3. The predicted molar refractivity (Wildman–Crippen MR) is 130 cm³/mol. The van der Waals surface area contributed by atoms with E-state index in [4.69, 9.17) is 4.74 Å². The highest BCUT2D eigenvalue weighted by atomic mass is 32.2. The highest BCUT2D eigenvalue weighted by molar-refractivity contribution is 7.89. The molecule has 0 bridgehead atoms. The molecule has 1 aliphatic rings. The van der Waals surface area contributed by atoms with Crippen LogP contribution in [0, 0.1) is 11.7 Å². The minimum atomic E-state index is -3.80. The average Bonchev–Trinajstić information content (AvgIpc) is 3.32. The van der Waals surface area contributed by atoms with Crippen molar-refractivity contribution < 1.29 is 22.3 Å². The number of anilines is 1. The summed E-state index contributed by atoms with van der Waals surface area (Å²) in [6.45, 7) is 3.11. The van der Waals surface area contributed by atoms with Gasteiger partial charge in [-0.1, -0.05) is 6.92 Å². The normalized spacial score (nSPS) is 16.8. The van der Waals surface area contributed by atoms with E-state index in [0.717, 1.165) is 35.6 Å². The van der Waals surface area contributed by atoms with Crippen molar-refractivity contribution in [2.24, 2.45) is 5.92 Å². The molecule has 1 saturated heterocycles. The SMILES string of the molecule is CCCOc1ccc(-c2csc(NC(=O)C3CCCN(S(=O)(=O)c4ccc(F)cc4)C3)n2)cc1. The number of hydrogen-bond donors (Lipinski definition) is 1. The topological polar surface area (TPSA) is 88.6 Å². The molecule has 1 aliphatic heterocycles. The van der Waals surface area contributed by atoms with Gasteiger partial charge in [-0.05, 0) is 67.8 Å². The van der Waals surface area contributed by atoms with Gasteiger partial charge in [-0.25, -0.2) is 17.8 Å². The fourth-order valence-electron chi connectivity index (χ4n) is 3.74. The number of amides is 1. The van der Waals surface area contributed by atoms with Crippen molar-refractivity contribution in [3.05, 3.63) is 59.7 Å². The minimum absolute atomic E-state index is 0.0191. The van der Waals surface area contributed by atoms with Crippen molar-refractivity contribution in [2.45, 2.75) is 31.1 Å². The molecule has 1 fully saturated rings. The van der Waals surface area contributed by atoms with E-state index in [2.05, 4.69) is 17.2 Å². The Morgan fingerprint density at radius 3 is 2.65 bits per heavy atom. The summed E-state index contributed by atoms with van der Waals surface area (Å²) in [5.41, 5.74) is 1.65. The lowest BCUT2D eigenvalue weighted by atomic mass is 9.99. The second-order valence-electron chi connectivity index (χ2n) is 8.06. The Morgan fingerprint density at radius 2 is 1.94 bits per heavy atom. The first-order chi connectivity index (χ1) is 16.4. The van der Waals surface area contributed by atoms with Crippen molar-refractivity contribution in [3.63, 3.8) is 0 Å². The highest BCUT2D eigenvalue weighted by Crippen LogP contribution is 2.29. The maximum absolute atomic E-state index is 13.2. The van der Waals surface area contributed by atoms with Crippen molar-refractivity contribution in [2.75, 3.05) is 25.0 Å². The van der Waals surface area contributed by atoms with Crippen LogP contribution in [0.1, 0.15) is 26.2 Å². The fraction of sp³-hybridized carbons (Fsp3) is 0.333. The zero-order valence-electron chi connectivity index (χ0n) is 18.7. The lowest BCUT2D eigenvalue weighted by Gasteiger charge is -2.31. The van der Waals surface area contributed by atoms with Crippen LogP contribution in [-0.2, 0) is 14.8 Å². The molecule has 0 spiro atoms. The quantitative estimate of drug-likeness (QED) is 0.478. The van der Waals surface area contributed by atoms with E-state index >= 15 is 0 Å². The van der Waals surface area contributed by atoms with Gasteiger partial charge in [0.2, 0.25) is 15.9 Å². The van der Waals surface area contributed by atoms with Gasteiger partial charge < -0.3 is 10.1 Å². The summed E-state index contributed by atoms with van der Waals surface area (Å²) in [6.07, 6.45) is 2.08. The molecule has 180 valence electrons. The van der Waals surface area contributed by atoms with Gasteiger partial charge in [-0.3, -0.25) is 4.79 Å². The molecule has 1 amide bonds. The molecule has 2 aromatic carbocycles. The Balaban J connectivity index is 1.39. The third-order valence-corrected chi connectivity index (χ3v) is 8.20.